The van der Waals surface area contributed by atoms with Crippen LogP contribution in [-0.4, -0.2) is 17.0 Å². The van der Waals surface area contributed by atoms with Crippen LogP contribution < -0.4 is 11.1 Å². The second kappa shape index (κ2) is 6.53. The van der Waals surface area contributed by atoms with Crippen molar-refractivity contribution >= 4 is 39.0 Å². The summed E-state index contributed by atoms with van der Waals surface area (Å²) < 4.78 is 0.922. The van der Waals surface area contributed by atoms with Gasteiger partial charge in [-0.3, -0.25) is 4.79 Å². The fourth-order valence-corrected chi connectivity index (χ4v) is 2.86. The molecule has 0 radical (unpaired) electrons. The molecule has 0 unspecified atom stereocenters. The van der Waals surface area contributed by atoms with Gasteiger partial charge in [-0.25, -0.2) is 0 Å². The number of rotatable bonds is 4. The third-order valence-corrected chi connectivity index (χ3v) is 4.23. The minimum absolute atomic E-state index is 0.0593. The zero-order valence-electron chi connectivity index (χ0n) is 10.3. The molecule has 20 heavy (non-hydrogen) atoms. The van der Waals surface area contributed by atoms with E-state index in [4.69, 9.17) is 10.9 Å². The van der Waals surface area contributed by atoms with Gasteiger partial charge in [0.2, 0.25) is 0 Å². The van der Waals surface area contributed by atoms with Crippen LogP contribution in [0.15, 0.2) is 45.3 Å². The summed E-state index contributed by atoms with van der Waals surface area (Å²) in [5, 5.41) is 14.3. The molecule has 1 aromatic heterocycles. The first-order chi connectivity index (χ1) is 9.60. The van der Waals surface area contributed by atoms with Gasteiger partial charge >= 0.3 is 0 Å². The van der Waals surface area contributed by atoms with E-state index in [0.29, 0.717) is 17.0 Å². The summed E-state index contributed by atoms with van der Waals surface area (Å²) >= 11 is 4.70. The van der Waals surface area contributed by atoms with E-state index in [1.807, 2.05) is 18.2 Å². The maximum atomic E-state index is 11.9. The first-order valence-electron chi connectivity index (χ1n) is 5.70. The van der Waals surface area contributed by atoms with Crippen LogP contribution in [0.3, 0.4) is 0 Å². The Morgan fingerprint density at radius 3 is 2.55 bits per heavy atom. The van der Waals surface area contributed by atoms with Gasteiger partial charge in [-0.1, -0.05) is 29.4 Å². The number of carbonyl (C=O) groups is 1. The number of nitrogens with zero attached hydrogens (tertiary/aromatic N) is 1. The van der Waals surface area contributed by atoms with Gasteiger partial charge in [-0.15, -0.1) is 11.3 Å². The number of halogens is 1. The topological polar surface area (TPSA) is 87.7 Å². The SMILES string of the molecule is NC(=NO)c1ccc(CNC(=O)c2ccc(Br)s2)cc1. The van der Waals surface area contributed by atoms with Gasteiger partial charge in [-0.05, 0) is 33.6 Å². The van der Waals surface area contributed by atoms with E-state index < -0.39 is 0 Å². The minimum Gasteiger partial charge on any atom is -0.409 e. The summed E-state index contributed by atoms with van der Waals surface area (Å²) in [7, 11) is 0. The third kappa shape index (κ3) is 3.58. The lowest BCUT2D eigenvalue weighted by molar-refractivity contribution is 0.0955. The van der Waals surface area contributed by atoms with Crippen LogP contribution in [0, 0.1) is 0 Å². The molecule has 5 nitrogen and oxygen atoms in total. The van der Waals surface area contributed by atoms with E-state index in [9.17, 15) is 4.79 Å². The standard InChI is InChI=1S/C13H12BrN3O2S/c14-11-6-5-10(20-11)13(18)16-7-8-1-3-9(4-2-8)12(15)17-19/h1-6,19H,7H2,(H2,15,17)(H,16,18). The normalized spacial score (nSPS) is 11.3. The lowest BCUT2D eigenvalue weighted by Gasteiger charge is -2.05. The van der Waals surface area contributed by atoms with Crippen molar-refractivity contribution in [2.45, 2.75) is 6.54 Å². The van der Waals surface area contributed by atoms with E-state index in [0.717, 1.165) is 9.35 Å². The lowest BCUT2D eigenvalue weighted by atomic mass is 10.1. The van der Waals surface area contributed by atoms with Gasteiger partial charge < -0.3 is 16.3 Å². The smallest absolute Gasteiger partial charge is 0.261 e. The highest BCUT2D eigenvalue weighted by Gasteiger charge is 2.08. The predicted molar refractivity (Wildman–Crippen MR) is 82.1 cm³/mol. The Balaban J connectivity index is 1.96. The largest absolute Gasteiger partial charge is 0.409 e. The van der Waals surface area contributed by atoms with Crippen molar-refractivity contribution in [1.29, 1.82) is 0 Å². The number of thiophene rings is 1. The Hall–Kier alpha value is -1.86. The van der Waals surface area contributed by atoms with E-state index in [1.165, 1.54) is 11.3 Å². The quantitative estimate of drug-likeness (QED) is 0.341. The molecule has 0 spiro atoms. The van der Waals surface area contributed by atoms with Crippen LogP contribution in [0.5, 0.6) is 0 Å². The Morgan fingerprint density at radius 2 is 2.00 bits per heavy atom. The number of nitrogens with one attached hydrogen (secondary N) is 1. The third-order valence-electron chi connectivity index (χ3n) is 2.61. The average molecular weight is 354 g/mol. The number of nitrogens with two attached hydrogens (primary N) is 1. The highest BCUT2D eigenvalue weighted by molar-refractivity contribution is 9.11. The van der Waals surface area contributed by atoms with Crippen LogP contribution >= 0.6 is 27.3 Å². The number of benzene rings is 1. The van der Waals surface area contributed by atoms with Crippen molar-refractivity contribution in [3.63, 3.8) is 0 Å². The molecule has 104 valence electrons. The molecule has 4 N–H and O–H groups in total. The molecule has 0 aliphatic carbocycles. The Bertz CT molecular complexity index is 637. The number of carbonyl (C=O) groups excluding carboxylic acids is 1. The highest BCUT2D eigenvalue weighted by atomic mass is 79.9. The van der Waals surface area contributed by atoms with Gasteiger partial charge in [0.15, 0.2) is 5.84 Å². The maximum Gasteiger partial charge on any atom is 0.261 e. The van der Waals surface area contributed by atoms with Crippen molar-refractivity contribution in [1.82, 2.24) is 5.32 Å². The molecular weight excluding hydrogens is 342 g/mol. The van der Waals surface area contributed by atoms with E-state index in [2.05, 4.69) is 26.4 Å². The van der Waals surface area contributed by atoms with Gasteiger partial charge in [0.05, 0.1) is 8.66 Å². The molecule has 2 aromatic rings. The first kappa shape index (κ1) is 14.5. The molecule has 7 heteroatoms. The number of hydrogen-bond acceptors (Lipinski definition) is 4. The first-order valence-corrected chi connectivity index (χ1v) is 7.31. The zero-order valence-corrected chi connectivity index (χ0v) is 12.7. The van der Waals surface area contributed by atoms with Gasteiger partial charge in [0.25, 0.3) is 5.91 Å². The fourth-order valence-electron chi connectivity index (χ4n) is 1.56. The van der Waals surface area contributed by atoms with Gasteiger partial charge in [0, 0.05) is 12.1 Å². The summed E-state index contributed by atoms with van der Waals surface area (Å²) in [5.41, 5.74) is 7.04. The highest BCUT2D eigenvalue weighted by Crippen LogP contribution is 2.21. The Morgan fingerprint density at radius 1 is 1.30 bits per heavy atom. The number of amidine groups is 1. The number of amides is 1. The molecule has 0 aliphatic rings. The van der Waals surface area contributed by atoms with Crippen molar-refractivity contribution in [3.8, 4) is 0 Å². The van der Waals surface area contributed by atoms with E-state index >= 15 is 0 Å². The van der Waals surface area contributed by atoms with Crippen molar-refractivity contribution in [3.05, 3.63) is 56.2 Å². The summed E-state index contributed by atoms with van der Waals surface area (Å²) in [6.45, 7) is 0.421. The lowest BCUT2D eigenvalue weighted by Crippen LogP contribution is -2.21. The molecule has 0 bridgehead atoms. The van der Waals surface area contributed by atoms with Crippen molar-refractivity contribution in [2.75, 3.05) is 0 Å². The van der Waals surface area contributed by atoms with Crippen molar-refractivity contribution < 1.29 is 10.0 Å². The van der Waals surface area contributed by atoms with Crippen LogP contribution in [-0.2, 0) is 6.54 Å². The van der Waals surface area contributed by atoms with Crippen LogP contribution in [0.25, 0.3) is 0 Å². The van der Waals surface area contributed by atoms with Gasteiger partial charge in [-0.2, -0.15) is 0 Å². The number of oxime groups is 1. The molecule has 0 aliphatic heterocycles. The second-order valence-corrected chi connectivity index (χ2v) is 6.43. The molecule has 0 saturated heterocycles. The summed E-state index contributed by atoms with van der Waals surface area (Å²) in [6.07, 6.45) is 0. The predicted octanol–water partition coefficient (Wildman–Crippen LogP) is 2.54. The minimum atomic E-state index is -0.110. The van der Waals surface area contributed by atoms with Crippen LogP contribution in [0.1, 0.15) is 20.8 Å². The molecule has 0 fully saturated rings. The summed E-state index contributed by atoms with van der Waals surface area (Å²) in [6, 6.07) is 10.7. The molecule has 0 saturated carbocycles. The van der Waals surface area contributed by atoms with Gasteiger partial charge in [0.1, 0.15) is 0 Å². The molecule has 0 atom stereocenters. The summed E-state index contributed by atoms with van der Waals surface area (Å²) in [4.78, 5) is 12.5. The van der Waals surface area contributed by atoms with Crippen LogP contribution in [0.2, 0.25) is 0 Å². The van der Waals surface area contributed by atoms with E-state index in [1.54, 1.807) is 18.2 Å². The average Bonchev–Trinajstić information content (AvgIpc) is 2.91. The fraction of sp³-hybridized carbons (Fsp3) is 0.0769. The monoisotopic (exact) mass is 353 g/mol. The zero-order chi connectivity index (χ0) is 14.5. The molecule has 1 amide bonds. The van der Waals surface area contributed by atoms with E-state index in [-0.39, 0.29) is 11.7 Å². The van der Waals surface area contributed by atoms with Crippen LogP contribution in [0.4, 0.5) is 0 Å². The molecular formula is C13H12BrN3O2S. The molecule has 2 rings (SSSR count). The summed E-state index contributed by atoms with van der Waals surface area (Å²) in [5.74, 6) is -0.0507. The van der Waals surface area contributed by atoms with Crippen molar-refractivity contribution in [2.24, 2.45) is 10.9 Å². The number of hydrogen-bond donors (Lipinski definition) is 3. The Labute approximate surface area is 128 Å². The Kier molecular flexibility index (Phi) is 4.75. The maximum absolute atomic E-state index is 11.9. The molecule has 1 aromatic carbocycles. The second-order valence-electron chi connectivity index (χ2n) is 3.97. The molecule has 1 heterocycles.